The van der Waals surface area contributed by atoms with Crippen LogP contribution in [0.5, 0.6) is 0 Å². The Hall–Kier alpha value is -1.62. The van der Waals surface area contributed by atoms with Crippen molar-refractivity contribution in [3.63, 3.8) is 0 Å². The van der Waals surface area contributed by atoms with Crippen LogP contribution < -0.4 is 5.32 Å². The van der Waals surface area contributed by atoms with Gasteiger partial charge in [-0.3, -0.25) is 0 Å². The highest BCUT2D eigenvalue weighted by atomic mass is 16.5. The number of nitrogens with one attached hydrogen (secondary N) is 1. The van der Waals surface area contributed by atoms with Crippen molar-refractivity contribution in [2.75, 3.05) is 19.0 Å². The monoisotopic (exact) mass is 264 g/mol. The van der Waals surface area contributed by atoms with E-state index in [0.717, 1.165) is 25.3 Å². The standard InChI is InChI=1S/C14H20N2O3/c1-9-11(14(17)18-3)6-7-13(15-9)16-10(2)12-5-4-8-19-12/h6-7,10,12H,4-5,8H2,1-3H3,(H,15,16). The first-order chi connectivity index (χ1) is 9.11. The first kappa shape index (κ1) is 13.8. The summed E-state index contributed by atoms with van der Waals surface area (Å²) >= 11 is 0. The van der Waals surface area contributed by atoms with Crippen LogP contribution in [0.3, 0.4) is 0 Å². The topological polar surface area (TPSA) is 60.5 Å². The number of ether oxygens (including phenoxy) is 2. The summed E-state index contributed by atoms with van der Waals surface area (Å²) in [4.78, 5) is 15.9. The Morgan fingerprint density at radius 2 is 2.37 bits per heavy atom. The van der Waals surface area contributed by atoms with Gasteiger partial charge in [-0.2, -0.15) is 0 Å². The van der Waals surface area contributed by atoms with Gasteiger partial charge in [-0.1, -0.05) is 0 Å². The van der Waals surface area contributed by atoms with Crippen LogP contribution in [0.1, 0.15) is 35.8 Å². The van der Waals surface area contributed by atoms with E-state index in [0.29, 0.717) is 11.3 Å². The SMILES string of the molecule is COC(=O)c1ccc(NC(C)C2CCCO2)nc1C. The molecule has 1 aromatic heterocycles. The number of pyridine rings is 1. The zero-order valence-electron chi connectivity index (χ0n) is 11.6. The van der Waals surface area contributed by atoms with Crippen LogP contribution in [0.15, 0.2) is 12.1 Å². The highest BCUT2D eigenvalue weighted by Gasteiger charge is 2.22. The van der Waals surface area contributed by atoms with Crippen molar-refractivity contribution in [3.05, 3.63) is 23.4 Å². The number of hydrogen-bond acceptors (Lipinski definition) is 5. The number of anilines is 1. The Morgan fingerprint density at radius 3 is 2.95 bits per heavy atom. The minimum absolute atomic E-state index is 0.207. The summed E-state index contributed by atoms with van der Waals surface area (Å²) in [5, 5.41) is 3.32. The molecule has 1 N–H and O–H groups in total. The molecule has 2 atom stereocenters. The lowest BCUT2D eigenvalue weighted by Crippen LogP contribution is -2.30. The fourth-order valence-corrected chi connectivity index (χ4v) is 2.29. The third kappa shape index (κ3) is 3.23. The molecule has 1 saturated heterocycles. The molecule has 5 nitrogen and oxygen atoms in total. The lowest BCUT2D eigenvalue weighted by Gasteiger charge is -2.20. The highest BCUT2D eigenvalue weighted by Crippen LogP contribution is 2.19. The molecule has 0 saturated carbocycles. The molecule has 2 unspecified atom stereocenters. The minimum atomic E-state index is -0.358. The van der Waals surface area contributed by atoms with Gasteiger partial charge in [0.2, 0.25) is 0 Å². The smallest absolute Gasteiger partial charge is 0.339 e. The molecule has 0 radical (unpaired) electrons. The second-order valence-electron chi connectivity index (χ2n) is 4.81. The van der Waals surface area contributed by atoms with Crippen molar-refractivity contribution in [2.24, 2.45) is 0 Å². The number of aromatic nitrogens is 1. The zero-order chi connectivity index (χ0) is 13.8. The van der Waals surface area contributed by atoms with Gasteiger partial charge in [-0.05, 0) is 38.8 Å². The van der Waals surface area contributed by atoms with E-state index in [4.69, 9.17) is 9.47 Å². The first-order valence-corrected chi connectivity index (χ1v) is 6.56. The number of rotatable bonds is 4. The Kier molecular flexibility index (Phi) is 4.37. The van der Waals surface area contributed by atoms with E-state index in [1.165, 1.54) is 7.11 Å². The fourth-order valence-electron chi connectivity index (χ4n) is 2.29. The van der Waals surface area contributed by atoms with Crippen molar-refractivity contribution in [2.45, 2.75) is 38.8 Å². The Balaban J connectivity index is 2.05. The van der Waals surface area contributed by atoms with Gasteiger partial charge in [0.25, 0.3) is 0 Å². The molecule has 0 bridgehead atoms. The predicted octanol–water partition coefficient (Wildman–Crippen LogP) is 2.16. The molecule has 1 aliphatic heterocycles. The quantitative estimate of drug-likeness (QED) is 0.844. The Labute approximate surface area is 113 Å². The van der Waals surface area contributed by atoms with E-state index in [-0.39, 0.29) is 18.1 Å². The summed E-state index contributed by atoms with van der Waals surface area (Å²) in [5.74, 6) is 0.400. The van der Waals surface area contributed by atoms with Crippen molar-refractivity contribution >= 4 is 11.8 Å². The number of nitrogens with zero attached hydrogens (tertiary/aromatic N) is 1. The van der Waals surface area contributed by atoms with Gasteiger partial charge in [-0.25, -0.2) is 9.78 Å². The van der Waals surface area contributed by atoms with Crippen LogP contribution in [-0.2, 0) is 9.47 Å². The molecule has 19 heavy (non-hydrogen) atoms. The molecule has 1 aliphatic rings. The molecule has 104 valence electrons. The maximum atomic E-state index is 11.5. The van der Waals surface area contributed by atoms with Crippen LogP contribution in [0.4, 0.5) is 5.82 Å². The summed E-state index contributed by atoms with van der Waals surface area (Å²) < 4.78 is 10.3. The molecule has 0 spiro atoms. The normalized spacial score (nSPS) is 20.1. The van der Waals surface area contributed by atoms with Gasteiger partial charge in [0.1, 0.15) is 5.82 Å². The summed E-state index contributed by atoms with van der Waals surface area (Å²) in [6.07, 6.45) is 2.43. The predicted molar refractivity (Wildman–Crippen MR) is 72.4 cm³/mol. The van der Waals surface area contributed by atoms with Crippen LogP contribution in [0.25, 0.3) is 0 Å². The summed E-state index contributed by atoms with van der Waals surface area (Å²) in [7, 11) is 1.37. The van der Waals surface area contributed by atoms with E-state index in [9.17, 15) is 4.79 Å². The number of carbonyl (C=O) groups excluding carboxylic acids is 1. The first-order valence-electron chi connectivity index (χ1n) is 6.56. The van der Waals surface area contributed by atoms with Gasteiger partial charge in [0, 0.05) is 6.61 Å². The van der Waals surface area contributed by atoms with Gasteiger partial charge in [-0.15, -0.1) is 0 Å². The van der Waals surface area contributed by atoms with Gasteiger partial charge in [0.05, 0.1) is 30.5 Å². The van der Waals surface area contributed by atoms with Gasteiger partial charge in [0.15, 0.2) is 0 Å². The van der Waals surface area contributed by atoms with E-state index in [1.807, 2.05) is 0 Å². The number of carbonyl (C=O) groups is 1. The van der Waals surface area contributed by atoms with Crippen molar-refractivity contribution < 1.29 is 14.3 Å². The lowest BCUT2D eigenvalue weighted by atomic mass is 10.1. The van der Waals surface area contributed by atoms with E-state index in [2.05, 4.69) is 17.2 Å². The average Bonchev–Trinajstić information content (AvgIpc) is 2.92. The molecular formula is C14H20N2O3. The lowest BCUT2D eigenvalue weighted by molar-refractivity contribution is 0.0599. The molecule has 5 heteroatoms. The highest BCUT2D eigenvalue weighted by molar-refractivity contribution is 5.90. The van der Waals surface area contributed by atoms with Crippen LogP contribution >= 0.6 is 0 Å². The molecule has 1 fully saturated rings. The molecule has 1 aromatic rings. The number of aryl methyl sites for hydroxylation is 1. The summed E-state index contributed by atoms with van der Waals surface area (Å²) in [6, 6.07) is 3.74. The molecule has 0 amide bonds. The number of hydrogen-bond donors (Lipinski definition) is 1. The van der Waals surface area contributed by atoms with E-state index in [1.54, 1.807) is 19.1 Å². The second-order valence-corrected chi connectivity index (χ2v) is 4.81. The molecule has 2 heterocycles. The fraction of sp³-hybridized carbons (Fsp3) is 0.571. The maximum Gasteiger partial charge on any atom is 0.339 e. The summed E-state index contributed by atoms with van der Waals surface area (Å²) in [6.45, 7) is 4.72. The largest absolute Gasteiger partial charge is 0.465 e. The minimum Gasteiger partial charge on any atom is -0.465 e. The molecule has 2 rings (SSSR count). The van der Waals surface area contributed by atoms with Crippen molar-refractivity contribution in [1.29, 1.82) is 0 Å². The maximum absolute atomic E-state index is 11.5. The number of methoxy groups -OCH3 is 1. The van der Waals surface area contributed by atoms with E-state index < -0.39 is 0 Å². The molecule has 0 aromatic carbocycles. The second kappa shape index (κ2) is 6.02. The molecular weight excluding hydrogens is 244 g/mol. The van der Waals surface area contributed by atoms with Gasteiger partial charge < -0.3 is 14.8 Å². The van der Waals surface area contributed by atoms with Crippen molar-refractivity contribution in [3.8, 4) is 0 Å². The third-order valence-electron chi connectivity index (χ3n) is 3.39. The average molecular weight is 264 g/mol. The van der Waals surface area contributed by atoms with Crippen LogP contribution in [-0.4, -0.2) is 36.8 Å². The van der Waals surface area contributed by atoms with Gasteiger partial charge >= 0.3 is 5.97 Å². The van der Waals surface area contributed by atoms with Crippen LogP contribution in [0.2, 0.25) is 0 Å². The Morgan fingerprint density at radius 1 is 1.58 bits per heavy atom. The van der Waals surface area contributed by atoms with E-state index >= 15 is 0 Å². The zero-order valence-corrected chi connectivity index (χ0v) is 11.6. The summed E-state index contributed by atoms with van der Waals surface area (Å²) in [5.41, 5.74) is 1.16. The van der Waals surface area contributed by atoms with Crippen LogP contribution in [0, 0.1) is 6.92 Å². The van der Waals surface area contributed by atoms with Crippen molar-refractivity contribution in [1.82, 2.24) is 4.98 Å². The third-order valence-corrected chi connectivity index (χ3v) is 3.39. The number of esters is 1. The molecule has 0 aliphatic carbocycles. The Bertz CT molecular complexity index is 456.